The quantitative estimate of drug-likeness (QED) is 0.292. The van der Waals surface area contributed by atoms with Gasteiger partial charge in [0.1, 0.15) is 6.61 Å². The normalized spacial score (nSPS) is 13.5. The number of hydrogen-bond acceptors (Lipinski definition) is 8. The van der Waals surface area contributed by atoms with Crippen molar-refractivity contribution in [3.8, 4) is 0 Å². The van der Waals surface area contributed by atoms with Crippen molar-refractivity contribution < 1.29 is 28.3 Å². The Hall–Kier alpha value is -2.04. The molecule has 8 nitrogen and oxygen atoms in total. The number of ether oxygens (including phenoxy) is 2. The van der Waals surface area contributed by atoms with Gasteiger partial charge in [-0.15, -0.1) is 0 Å². The van der Waals surface area contributed by atoms with Gasteiger partial charge < -0.3 is 24.2 Å². The molecule has 2 atom stereocenters. The second-order valence-electron chi connectivity index (χ2n) is 8.16. The average Bonchev–Trinajstić information content (AvgIpc) is 2.81. The predicted molar refractivity (Wildman–Crippen MR) is 131 cm³/mol. The van der Waals surface area contributed by atoms with Crippen molar-refractivity contribution in [3.63, 3.8) is 0 Å². The van der Waals surface area contributed by atoms with E-state index in [-0.39, 0.29) is 18.6 Å². The lowest BCUT2D eigenvalue weighted by Crippen LogP contribution is -2.54. The minimum absolute atomic E-state index is 0.0222. The highest BCUT2D eigenvalue weighted by atomic mass is 32.2. The van der Waals surface area contributed by atoms with E-state index in [2.05, 4.69) is 5.32 Å². The van der Waals surface area contributed by atoms with Crippen LogP contribution < -0.4 is 5.32 Å². The van der Waals surface area contributed by atoms with Crippen LogP contribution in [0.2, 0.25) is 6.04 Å². The fraction of sp³-hybridized carbons (Fsp3) is 0.609. The molecule has 0 heterocycles. The molecule has 0 aliphatic rings. The van der Waals surface area contributed by atoms with Crippen molar-refractivity contribution in [1.82, 2.24) is 10.2 Å². The van der Waals surface area contributed by atoms with E-state index in [9.17, 15) is 18.8 Å². The number of rotatable bonds is 15. The van der Waals surface area contributed by atoms with Gasteiger partial charge in [-0.3, -0.25) is 4.79 Å². The number of carbonyl (C=O) groups excluding carboxylic acids is 3. The molecule has 0 saturated carbocycles. The standard InChI is InChI=1S/C23H36N2O6SSi/c1-6-7-15-33(29)20(26)19(13-14-32-5)24-17-23(2,31-22(28)25(3)4)21(27)30-16-18-11-9-8-10-12-18/h8-12,19,24H,6-7,13-17H2,1-5H3/t19-,23?/m0/s1. The number of nitrogens with one attached hydrogen (secondary N) is 1. The molecule has 1 aromatic carbocycles. The molecule has 1 N–H and O–H groups in total. The summed E-state index contributed by atoms with van der Waals surface area (Å²) in [5.41, 5.74) is -0.879. The first-order valence-corrected chi connectivity index (χ1v) is 14.1. The monoisotopic (exact) mass is 496 g/mol. The van der Waals surface area contributed by atoms with Crippen LogP contribution in [0.25, 0.3) is 0 Å². The lowest BCUT2D eigenvalue weighted by atomic mass is 10.1. The summed E-state index contributed by atoms with van der Waals surface area (Å²) in [6, 6.07) is 8.84. The topological polar surface area (TPSA) is 102 Å². The van der Waals surface area contributed by atoms with Crippen LogP contribution in [0.4, 0.5) is 4.79 Å². The van der Waals surface area contributed by atoms with Crippen LogP contribution in [-0.2, 0) is 30.1 Å². The molecule has 0 radical (unpaired) electrons. The maximum Gasteiger partial charge on any atom is 0.410 e. The Balaban J connectivity index is 2.97. The fourth-order valence-corrected chi connectivity index (χ4v) is 4.87. The van der Waals surface area contributed by atoms with Gasteiger partial charge in [0.25, 0.3) is 0 Å². The maximum absolute atomic E-state index is 13.0. The molecule has 10 heteroatoms. The van der Waals surface area contributed by atoms with Crippen LogP contribution in [-0.4, -0.2) is 75.3 Å². The Labute approximate surface area is 202 Å². The van der Waals surface area contributed by atoms with E-state index in [1.165, 1.54) is 25.9 Å². The fourth-order valence-electron chi connectivity index (χ4n) is 2.84. The van der Waals surface area contributed by atoms with E-state index in [0.717, 1.165) is 18.4 Å². The Bertz CT molecular complexity index is 792. The zero-order valence-corrected chi connectivity index (χ0v) is 22.0. The van der Waals surface area contributed by atoms with E-state index < -0.39 is 32.4 Å². The number of unbranched alkanes of at least 4 members (excludes halogenated alkanes) is 1. The lowest BCUT2D eigenvalue weighted by molar-refractivity contribution is -0.165. The Kier molecular flexibility index (Phi) is 13.2. The smallest absolute Gasteiger partial charge is 0.410 e. The highest BCUT2D eigenvalue weighted by Crippen LogP contribution is 2.17. The molecule has 1 amide bonds. The molecular formula is C23H36N2O6SSi. The van der Waals surface area contributed by atoms with Gasteiger partial charge in [0.15, 0.2) is 5.41 Å². The predicted octanol–water partition coefficient (Wildman–Crippen LogP) is 3.23. The molecule has 0 fully saturated rings. The third-order valence-corrected chi connectivity index (χ3v) is 7.32. The van der Waals surface area contributed by atoms with Gasteiger partial charge in [0.2, 0.25) is 5.60 Å². The molecule has 1 unspecified atom stereocenters. The molecule has 0 aromatic heterocycles. The summed E-state index contributed by atoms with van der Waals surface area (Å²) in [5.74, 6) is -0.0531. The zero-order valence-electron chi connectivity index (χ0n) is 20.2. The number of hydrogen-bond donors (Lipinski definition) is 1. The van der Waals surface area contributed by atoms with Gasteiger partial charge in [0, 0.05) is 20.6 Å². The van der Waals surface area contributed by atoms with Gasteiger partial charge >= 0.3 is 20.7 Å². The van der Waals surface area contributed by atoms with Gasteiger partial charge in [-0.1, -0.05) is 43.7 Å². The number of thioether (sulfide) groups is 1. The number of esters is 1. The van der Waals surface area contributed by atoms with Crippen LogP contribution in [0.5, 0.6) is 0 Å². The highest BCUT2D eigenvalue weighted by molar-refractivity contribution is 7.98. The van der Waals surface area contributed by atoms with E-state index in [4.69, 9.17) is 9.47 Å². The van der Waals surface area contributed by atoms with Crippen LogP contribution in [0.1, 0.15) is 38.7 Å². The summed E-state index contributed by atoms with van der Waals surface area (Å²) < 4.78 is 23.4. The summed E-state index contributed by atoms with van der Waals surface area (Å²) in [5, 5.41) is 2.71. The van der Waals surface area contributed by atoms with Crippen molar-refractivity contribution >= 4 is 37.9 Å². The Morgan fingerprint density at radius 2 is 1.88 bits per heavy atom. The molecule has 0 spiro atoms. The van der Waals surface area contributed by atoms with Crippen LogP contribution in [0.15, 0.2) is 30.3 Å². The first-order chi connectivity index (χ1) is 15.6. The lowest BCUT2D eigenvalue weighted by Gasteiger charge is -2.30. The number of amides is 1. The van der Waals surface area contributed by atoms with Crippen molar-refractivity contribution in [2.45, 2.75) is 57.4 Å². The number of benzene rings is 1. The van der Waals surface area contributed by atoms with Crippen molar-refractivity contribution in [3.05, 3.63) is 35.9 Å². The van der Waals surface area contributed by atoms with Crippen LogP contribution in [0.3, 0.4) is 0 Å². The third-order valence-electron chi connectivity index (χ3n) is 4.97. The van der Waals surface area contributed by atoms with Crippen molar-refractivity contribution in [1.29, 1.82) is 0 Å². The van der Waals surface area contributed by atoms with Gasteiger partial charge in [0.05, 0.1) is 6.04 Å². The minimum atomic E-state index is -2.42. The van der Waals surface area contributed by atoms with E-state index in [1.807, 2.05) is 43.5 Å². The van der Waals surface area contributed by atoms with E-state index in [0.29, 0.717) is 18.2 Å². The molecule has 33 heavy (non-hydrogen) atoms. The summed E-state index contributed by atoms with van der Waals surface area (Å²) in [4.78, 5) is 39.3. The van der Waals surface area contributed by atoms with Crippen molar-refractivity contribution in [2.24, 2.45) is 0 Å². The average molecular weight is 497 g/mol. The van der Waals surface area contributed by atoms with Crippen LogP contribution >= 0.6 is 11.8 Å². The molecule has 0 bridgehead atoms. The summed E-state index contributed by atoms with van der Waals surface area (Å²) >= 11 is 1.57. The first-order valence-electron chi connectivity index (χ1n) is 11.1. The number of carbonyl (C=O) groups is 3. The third kappa shape index (κ3) is 10.2. The molecule has 184 valence electrons. The molecule has 0 saturated heterocycles. The van der Waals surface area contributed by atoms with Crippen LogP contribution in [0, 0.1) is 0 Å². The summed E-state index contributed by atoms with van der Waals surface area (Å²) in [6.45, 7) is 3.31. The zero-order chi connectivity index (χ0) is 24.9. The molecule has 0 aliphatic heterocycles. The molecule has 1 aromatic rings. The number of nitrogens with zero attached hydrogens (tertiary/aromatic N) is 1. The second kappa shape index (κ2) is 15.0. The largest absolute Gasteiger partial charge is 0.458 e. The molecule has 1 rings (SSSR count). The molecule has 0 aliphatic carbocycles. The van der Waals surface area contributed by atoms with E-state index in [1.54, 1.807) is 11.8 Å². The Morgan fingerprint density at radius 3 is 2.45 bits per heavy atom. The Morgan fingerprint density at radius 1 is 1.21 bits per heavy atom. The minimum Gasteiger partial charge on any atom is -0.458 e. The summed E-state index contributed by atoms with van der Waals surface area (Å²) in [6.07, 6.45) is 3.26. The summed E-state index contributed by atoms with van der Waals surface area (Å²) in [7, 11) is 0.600. The van der Waals surface area contributed by atoms with E-state index >= 15 is 0 Å². The highest BCUT2D eigenvalue weighted by Gasteiger charge is 2.41. The van der Waals surface area contributed by atoms with Gasteiger partial charge in [-0.2, -0.15) is 11.8 Å². The first kappa shape index (κ1) is 29.0. The molecular weight excluding hydrogens is 460 g/mol. The van der Waals surface area contributed by atoms with Gasteiger partial charge in [-0.05, 0) is 43.4 Å². The second-order valence-corrected chi connectivity index (χ2v) is 11.0. The maximum atomic E-state index is 13.0. The van der Waals surface area contributed by atoms with Crippen molar-refractivity contribution in [2.75, 3.05) is 32.6 Å². The van der Waals surface area contributed by atoms with Gasteiger partial charge in [-0.25, -0.2) is 9.59 Å². The SMILES string of the molecule is CCCC[Si](=O)C(=O)[C@H](CCSC)NCC(C)(OC(=O)N(C)C)C(=O)OCc1ccccc1.